The van der Waals surface area contributed by atoms with Gasteiger partial charge in [0.2, 0.25) is 0 Å². The average molecular weight is 156 g/mol. The highest BCUT2D eigenvalue weighted by molar-refractivity contribution is 7.10. The molecule has 1 rings (SSSR count). The molecule has 0 aliphatic heterocycles. The summed E-state index contributed by atoms with van der Waals surface area (Å²) in [6.07, 6.45) is 2.25. The molecule has 1 nitrogen and oxygen atoms in total. The van der Waals surface area contributed by atoms with Crippen molar-refractivity contribution in [1.82, 2.24) is 0 Å². The summed E-state index contributed by atoms with van der Waals surface area (Å²) in [5, 5.41) is 2.22. The first-order valence-corrected chi connectivity index (χ1v) is 4.58. The monoisotopic (exact) mass is 156 g/mol. The molecule has 0 amide bonds. The van der Waals surface area contributed by atoms with Crippen molar-refractivity contribution in [2.24, 2.45) is 0 Å². The van der Waals surface area contributed by atoms with Gasteiger partial charge in [0.25, 0.3) is 0 Å². The minimum absolute atomic E-state index is 1.12. The molecule has 1 heterocycles. The first-order valence-electron chi connectivity index (χ1n) is 3.70. The number of hydrogen-bond donors (Lipinski definition) is 1. The summed E-state index contributed by atoms with van der Waals surface area (Å²) in [6, 6.07) is 0. The third kappa shape index (κ3) is 1.22. The van der Waals surface area contributed by atoms with E-state index >= 15 is 0 Å². The molecule has 1 aromatic rings. The van der Waals surface area contributed by atoms with Gasteiger partial charge in [-0.2, -0.15) is 0 Å². The number of rotatable bonds is 2. The highest BCUT2D eigenvalue weighted by Gasteiger charge is 2.07. The number of aryl methyl sites for hydroxylation is 2. The fraction of sp³-hybridized carbons (Fsp3) is 0.500. The largest absolute Gasteiger partial charge is 0.324 e. The van der Waals surface area contributed by atoms with Crippen LogP contribution >= 0.6 is 11.3 Å². The smallest absolute Gasteiger partial charge is 0.145 e. The highest BCUT2D eigenvalue weighted by Crippen LogP contribution is 2.24. The predicted octanol–water partition coefficient (Wildman–Crippen LogP) is 1.75. The van der Waals surface area contributed by atoms with Gasteiger partial charge in [0.05, 0.1) is 4.88 Å². The third-order valence-electron chi connectivity index (χ3n) is 1.77. The Morgan fingerprint density at radius 1 is 1.40 bits per heavy atom. The average Bonchev–Trinajstić information content (AvgIpc) is 2.30. The molecule has 3 N–H and O–H groups in total. The van der Waals surface area contributed by atoms with Crippen LogP contribution in [-0.4, -0.2) is 0 Å². The summed E-state index contributed by atoms with van der Waals surface area (Å²) in [5.74, 6) is 0. The lowest BCUT2D eigenvalue weighted by molar-refractivity contribution is -0.256. The molecular formula is C8H14NS+. The molecule has 0 spiro atoms. The van der Waals surface area contributed by atoms with Crippen molar-refractivity contribution in [2.45, 2.75) is 26.7 Å². The van der Waals surface area contributed by atoms with Gasteiger partial charge in [0.15, 0.2) is 0 Å². The number of quaternary nitrogens is 1. The van der Waals surface area contributed by atoms with E-state index in [-0.39, 0.29) is 0 Å². The molecule has 0 aliphatic carbocycles. The molecule has 56 valence electrons. The van der Waals surface area contributed by atoms with Crippen molar-refractivity contribution < 1.29 is 5.73 Å². The molecule has 0 fully saturated rings. The van der Waals surface area contributed by atoms with E-state index < -0.39 is 0 Å². The van der Waals surface area contributed by atoms with E-state index in [4.69, 9.17) is 0 Å². The van der Waals surface area contributed by atoms with Gasteiger partial charge >= 0.3 is 0 Å². The van der Waals surface area contributed by atoms with Crippen LogP contribution in [0.3, 0.4) is 0 Å². The predicted molar refractivity (Wildman–Crippen MR) is 45.6 cm³/mol. The molecule has 10 heavy (non-hydrogen) atoms. The summed E-state index contributed by atoms with van der Waals surface area (Å²) in [7, 11) is 0. The van der Waals surface area contributed by atoms with Crippen LogP contribution < -0.4 is 5.73 Å². The third-order valence-corrected chi connectivity index (χ3v) is 2.99. The lowest BCUT2D eigenvalue weighted by atomic mass is 10.2. The zero-order valence-electron chi connectivity index (χ0n) is 6.61. The SMILES string of the molecule is CCc1csc(CC)c1[NH3+]. The molecule has 0 aliphatic rings. The van der Waals surface area contributed by atoms with Gasteiger partial charge in [-0.1, -0.05) is 13.8 Å². The second-order valence-electron chi connectivity index (χ2n) is 2.37. The first kappa shape index (κ1) is 7.76. The molecule has 0 radical (unpaired) electrons. The molecule has 0 atom stereocenters. The number of thiophene rings is 1. The summed E-state index contributed by atoms with van der Waals surface area (Å²) in [6.45, 7) is 4.36. The maximum Gasteiger partial charge on any atom is 0.145 e. The Labute approximate surface area is 65.9 Å². The van der Waals surface area contributed by atoms with E-state index in [1.165, 1.54) is 16.1 Å². The van der Waals surface area contributed by atoms with Gasteiger partial charge in [-0.05, 0) is 12.8 Å². The van der Waals surface area contributed by atoms with Crippen LogP contribution in [0.15, 0.2) is 5.38 Å². The Morgan fingerprint density at radius 2 is 2.10 bits per heavy atom. The van der Waals surface area contributed by atoms with Gasteiger partial charge in [-0.15, -0.1) is 11.3 Å². The maximum absolute atomic E-state index is 4.03. The van der Waals surface area contributed by atoms with Crippen molar-refractivity contribution >= 4 is 17.0 Å². The van der Waals surface area contributed by atoms with Crippen molar-refractivity contribution in [3.8, 4) is 0 Å². The highest BCUT2D eigenvalue weighted by atomic mass is 32.1. The van der Waals surface area contributed by atoms with Gasteiger partial charge in [-0.25, -0.2) is 0 Å². The van der Waals surface area contributed by atoms with Gasteiger partial charge in [-0.3, -0.25) is 0 Å². The summed E-state index contributed by atoms with van der Waals surface area (Å²) in [5.41, 5.74) is 6.72. The molecular weight excluding hydrogens is 142 g/mol. The molecule has 2 heteroatoms. The fourth-order valence-electron chi connectivity index (χ4n) is 1.06. The second-order valence-corrected chi connectivity index (χ2v) is 3.33. The topological polar surface area (TPSA) is 27.6 Å². The summed E-state index contributed by atoms with van der Waals surface area (Å²) >= 11 is 1.84. The van der Waals surface area contributed by atoms with E-state index in [0.29, 0.717) is 0 Å². The van der Waals surface area contributed by atoms with Gasteiger partial charge in [0.1, 0.15) is 5.69 Å². The van der Waals surface area contributed by atoms with Crippen molar-refractivity contribution in [1.29, 1.82) is 0 Å². The van der Waals surface area contributed by atoms with Crippen molar-refractivity contribution in [2.75, 3.05) is 0 Å². The lowest BCUT2D eigenvalue weighted by Gasteiger charge is -1.90. The van der Waals surface area contributed by atoms with Crippen LogP contribution in [-0.2, 0) is 12.8 Å². The summed E-state index contributed by atoms with van der Waals surface area (Å²) < 4.78 is 0. The van der Waals surface area contributed by atoms with Gasteiger partial charge in [0, 0.05) is 10.9 Å². The zero-order valence-corrected chi connectivity index (χ0v) is 7.42. The van der Waals surface area contributed by atoms with E-state index in [1.54, 1.807) is 0 Å². The Balaban J connectivity index is 2.97. The molecule has 0 saturated carbocycles. The first-order chi connectivity index (χ1) is 4.79. The molecule has 1 aromatic heterocycles. The fourth-order valence-corrected chi connectivity index (χ4v) is 2.09. The normalized spacial score (nSPS) is 10.3. The Hall–Kier alpha value is -0.340. The Bertz CT molecular complexity index is 194. The molecule has 0 aromatic carbocycles. The van der Waals surface area contributed by atoms with Crippen LogP contribution in [0.5, 0.6) is 0 Å². The van der Waals surface area contributed by atoms with E-state index in [9.17, 15) is 0 Å². The van der Waals surface area contributed by atoms with Crippen LogP contribution in [0.25, 0.3) is 0 Å². The molecule has 0 saturated heterocycles. The van der Waals surface area contributed by atoms with Crippen LogP contribution in [0.4, 0.5) is 5.69 Å². The Kier molecular flexibility index (Phi) is 2.46. The quantitative estimate of drug-likeness (QED) is 0.675. The van der Waals surface area contributed by atoms with E-state index in [2.05, 4.69) is 25.0 Å². The summed E-state index contributed by atoms with van der Waals surface area (Å²) in [4.78, 5) is 1.44. The van der Waals surface area contributed by atoms with Gasteiger partial charge < -0.3 is 5.73 Å². The Morgan fingerprint density at radius 3 is 2.40 bits per heavy atom. The minimum atomic E-state index is 1.12. The van der Waals surface area contributed by atoms with E-state index in [0.717, 1.165) is 12.8 Å². The molecule has 0 bridgehead atoms. The second kappa shape index (κ2) is 3.17. The lowest BCUT2D eigenvalue weighted by Crippen LogP contribution is -2.41. The minimum Gasteiger partial charge on any atom is -0.324 e. The van der Waals surface area contributed by atoms with Crippen molar-refractivity contribution in [3.05, 3.63) is 15.8 Å². The van der Waals surface area contributed by atoms with Crippen molar-refractivity contribution in [3.63, 3.8) is 0 Å². The van der Waals surface area contributed by atoms with E-state index in [1.807, 2.05) is 11.3 Å². The zero-order chi connectivity index (χ0) is 7.56. The van der Waals surface area contributed by atoms with Crippen LogP contribution in [0.2, 0.25) is 0 Å². The maximum atomic E-state index is 4.03. The van der Waals surface area contributed by atoms with Crippen LogP contribution in [0, 0.1) is 0 Å². The van der Waals surface area contributed by atoms with Crippen LogP contribution in [0.1, 0.15) is 24.3 Å². The molecule has 0 unspecified atom stereocenters. The standard InChI is InChI=1S/C8H13NS/c1-3-6-5-10-7(4-2)8(6)9/h5H,3-4,9H2,1-2H3/p+1. The number of hydrogen-bond acceptors (Lipinski definition) is 1.